The molecule has 3 rings (SSSR count). The highest BCUT2D eigenvalue weighted by Crippen LogP contribution is 2.28. The second-order valence-electron chi connectivity index (χ2n) is 6.80. The van der Waals surface area contributed by atoms with Crippen LogP contribution in [0.25, 0.3) is 0 Å². The van der Waals surface area contributed by atoms with Crippen molar-refractivity contribution in [2.75, 3.05) is 23.4 Å². The van der Waals surface area contributed by atoms with Crippen molar-refractivity contribution in [3.8, 4) is 0 Å². The Bertz CT molecular complexity index is 794. The number of ether oxygens (including phenoxy) is 1. The summed E-state index contributed by atoms with van der Waals surface area (Å²) in [6, 6.07) is 9.83. The van der Waals surface area contributed by atoms with Crippen LogP contribution in [0.15, 0.2) is 30.3 Å². The van der Waals surface area contributed by atoms with Gasteiger partial charge in [-0.1, -0.05) is 19.1 Å². The maximum atomic E-state index is 12.2. The predicted molar refractivity (Wildman–Crippen MR) is 108 cm³/mol. The molecule has 2 heterocycles. The predicted octanol–water partition coefficient (Wildman–Crippen LogP) is 4.47. The molecular formula is C21H28N4O2. The third-order valence-corrected chi connectivity index (χ3v) is 4.90. The van der Waals surface area contributed by atoms with Crippen LogP contribution in [0, 0.1) is 6.92 Å². The fraction of sp³-hybridized carbons (Fsp3) is 0.476. The Morgan fingerprint density at radius 3 is 2.85 bits per heavy atom. The lowest BCUT2D eigenvalue weighted by atomic mass is 10.00. The van der Waals surface area contributed by atoms with Crippen molar-refractivity contribution in [3.63, 3.8) is 0 Å². The van der Waals surface area contributed by atoms with Gasteiger partial charge in [0.1, 0.15) is 17.5 Å². The Morgan fingerprint density at radius 1 is 1.26 bits per heavy atom. The lowest BCUT2D eigenvalue weighted by Crippen LogP contribution is -2.39. The lowest BCUT2D eigenvalue weighted by molar-refractivity contribution is 0.0527. The third-order valence-electron chi connectivity index (χ3n) is 4.90. The number of carbonyl (C=O) groups excluding carboxylic acids is 1. The maximum absolute atomic E-state index is 12.2. The van der Waals surface area contributed by atoms with Crippen LogP contribution in [0.2, 0.25) is 0 Å². The van der Waals surface area contributed by atoms with Crippen LogP contribution >= 0.6 is 0 Å². The van der Waals surface area contributed by atoms with Gasteiger partial charge in [0.25, 0.3) is 0 Å². The van der Waals surface area contributed by atoms with Gasteiger partial charge < -0.3 is 15.0 Å². The summed E-state index contributed by atoms with van der Waals surface area (Å²) >= 11 is 0. The number of rotatable bonds is 6. The van der Waals surface area contributed by atoms with Gasteiger partial charge in [-0.3, -0.25) is 0 Å². The highest BCUT2D eigenvalue weighted by atomic mass is 16.5. The van der Waals surface area contributed by atoms with Crippen molar-refractivity contribution in [2.45, 2.75) is 52.5 Å². The second kappa shape index (κ2) is 8.84. The van der Waals surface area contributed by atoms with Gasteiger partial charge in [-0.15, -0.1) is 0 Å². The van der Waals surface area contributed by atoms with E-state index in [1.54, 1.807) is 13.0 Å². The Labute approximate surface area is 161 Å². The van der Waals surface area contributed by atoms with E-state index in [1.165, 1.54) is 19.3 Å². The average Bonchev–Trinajstić information content (AvgIpc) is 2.68. The average molecular weight is 368 g/mol. The van der Waals surface area contributed by atoms with E-state index >= 15 is 0 Å². The van der Waals surface area contributed by atoms with Crippen molar-refractivity contribution in [1.29, 1.82) is 0 Å². The topological polar surface area (TPSA) is 67.3 Å². The molecule has 0 radical (unpaired) electrons. The zero-order valence-electron chi connectivity index (χ0n) is 16.4. The monoisotopic (exact) mass is 368 g/mol. The molecule has 1 atom stereocenters. The summed E-state index contributed by atoms with van der Waals surface area (Å²) in [5.41, 5.74) is 1.19. The zero-order chi connectivity index (χ0) is 19.2. The molecule has 1 aromatic carbocycles. The van der Waals surface area contributed by atoms with Crippen molar-refractivity contribution in [1.82, 2.24) is 9.97 Å². The van der Waals surface area contributed by atoms with Gasteiger partial charge in [0, 0.05) is 18.7 Å². The molecule has 1 unspecified atom stereocenters. The molecule has 1 aliphatic heterocycles. The number of hydrogen-bond donors (Lipinski definition) is 1. The van der Waals surface area contributed by atoms with Crippen LogP contribution in [0.1, 0.15) is 55.7 Å². The normalized spacial score (nSPS) is 16.9. The quantitative estimate of drug-likeness (QED) is 0.759. The molecule has 27 heavy (non-hydrogen) atoms. The standard InChI is InChI=1S/C21H28N4O2/c1-4-16-10-8-9-13-25(16)20-14-19(22-15(3)23-20)24-18-12-7-6-11-17(18)21(26)27-5-2/h6-7,11-12,14,16H,4-5,8-10,13H2,1-3H3,(H,22,23,24). The van der Waals surface area contributed by atoms with Gasteiger partial charge in [0.15, 0.2) is 0 Å². The summed E-state index contributed by atoms with van der Waals surface area (Å²) in [6.45, 7) is 7.30. The van der Waals surface area contributed by atoms with E-state index in [-0.39, 0.29) is 5.97 Å². The third kappa shape index (κ3) is 4.56. The first-order valence-electron chi connectivity index (χ1n) is 9.77. The van der Waals surface area contributed by atoms with Crippen molar-refractivity contribution < 1.29 is 9.53 Å². The Morgan fingerprint density at radius 2 is 2.07 bits per heavy atom. The van der Waals surface area contributed by atoms with E-state index < -0.39 is 0 Å². The van der Waals surface area contributed by atoms with Gasteiger partial charge in [0.2, 0.25) is 0 Å². The summed E-state index contributed by atoms with van der Waals surface area (Å²) < 4.78 is 5.16. The number of nitrogens with one attached hydrogen (secondary N) is 1. The number of para-hydroxylation sites is 1. The first-order chi connectivity index (χ1) is 13.1. The van der Waals surface area contributed by atoms with Crippen LogP contribution in [0.4, 0.5) is 17.3 Å². The highest BCUT2D eigenvalue weighted by molar-refractivity contribution is 5.96. The largest absolute Gasteiger partial charge is 0.462 e. The van der Waals surface area contributed by atoms with Gasteiger partial charge in [-0.05, 0) is 51.7 Å². The molecule has 1 N–H and O–H groups in total. The summed E-state index contributed by atoms with van der Waals surface area (Å²) in [7, 11) is 0. The fourth-order valence-corrected chi connectivity index (χ4v) is 3.61. The van der Waals surface area contributed by atoms with Crippen LogP contribution in [0.3, 0.4) is 0 Å². The molecule has 1 aromatic heterocycles. The number of aromatic nitrogens is 2. The minimum Gasteiger partial charge on any atom is -0.462 e. The summed E-state index contributed by atoms with van der Waals surface area (Å²) in [5, 5.41) is 3.29. The molecule has 0 aliphatic carbocycles. The fourth-order valence-electron chi connectivity index (χ4n) is 3.61. The van der Waals surface area contributed by atoms with E-state index in [1.807, 2.05) is 31.2 Å². The van der Waals surface area contributed by atoms with Crippen LogP contribution in [-0.4, -0.2) is 35.1 Å². The van der Waals surface area contributed by atoms with Gasteiger partial charge in [0.05, 0.1) is 17.9 Å². The number of nitrogens with zero attached hydrogens (tertiary/aromatic N) is 3. The minimum atomic E-state index is -0.339. The molecule has 144 valence electrons. The minimum absolute atomic E-state index is 0.339. The van der Waals surface area contributed by atoms with Crippen molar-refractivity contribution in [2.24, 2.45) is 0 Å². The smallest absolute Gasteiger partial charge is 0.340 e. The van der Waals surface area contributed by atoms with Gasteiger partial charge >= 0.3 is 5.97 Å². The SMILES string of the molecule is CCOC(=O)c1ccccc1Nc1cc(N2CCCCC2CC)nc(C)n1. The molecule has 6 heteroatoms. The number of anilines is 3. The van der Waals surface area contributed by atoms with E-state index in [0.29, 0.717) is 35.5 Å². The highest BCUT2D eigenvalue weighted by Gasteiger charge is 2.23. The second-order valence-corrected chi connectivity index (χ2v) is 6.80. The molecule has 1 fully saturated rings. The summed E-state index contributed by atoms with van der Waals surface area (Å²) in [4.78, 5) is 23.8. The molecule has 6 nitrogen and oxygen atoms in total. The molecule has 2 aromatic rings. The molecule has 0 spiro atoms. The van der Waals surface area contributed by atoms with Crippen molar-refractivity contribution in [3.05, 3.63) is 41.7 Å². The van der Waals surface area contributed by atoms with Crippen LogP contribution in [0.5, 0.6) is 0 Å². The number of piperidine rings is 1. The molecule has 1 aliphatic rings. The lowest BCUT2D eigenvalue weighted by Gasteiger charge is -2.36. The van der Waals surface area contributed by atoms with E-state index in [0.717, 1.165) is 18.8 Å². The molecule has 1 saturated heterocycles. The van der Waals surface area contributed by atoms with E-state index in [9.17, 15) is 4.79 Å². The molecule has 0 amide bonds. The van der Waals surface area contributed by atoms with Crippen LogP contribution in [-0.2, 0) is 4.74 Å². The number of aryl methyl sites for hydroxylation is 1. The van der Waals surface area contributed by atoms with Gasteiger partial charge in [-0.2, -0.15) is 0 Å². The molecule has 0 bridgehead atoms. The Kier molecular flexibility index (Phi) is 6.27. The van der Waals surface area contributed by atoms with Gasteiger partial charge in [-0.25, -0.2) is 14.8 Å². The first kappa shape index (κ1) is 19.1. The summed E-state index contributed by atoms with van der Waals surface area (Å²) in [5.74, 6) is 2.01. The van der Waals surface area contributed by atoms with E-state index in [4.69, 9.17) is 4.74 Å². The van der Waals surface area contributed by atoms with Crippen molar-refractivity contribution >= 4 is 23.3 Å². The number of benzene rings is 1. The number of carbonyl (C=O) groups is 1. The number of esters is 1. The summed E-state index contributed by atoms with van der Waals surface area (Å²) in [6.07, 6.45) is 4.77. The number of hydrogen-bond acceptors (Lipinski definition) is 6. The maximum Gasteiger partial charge on any atom is 0.340 e. The Hall–Kier alpha value is -2.63. The molecular weight excluding hydrogens is 340 g/mol. The Balaban J connectivity index is 1.88. The zero-order valence-corrected chi connectivity index (χ0v) is 16.4. The van der Waals surface area contributed by atoms with Crippen LogP contribution < -0.4 is 10.2 Å². The first-order valence-corrected chi connectivity index (χ1v) is 9.77. The molecule has 0 saturated carbocycles. The van der Waals surface area contributed by atoms with E-state index in [2.05, 4.69) is 27.1 Å².